The van der Waals surface area contributed by atoms with Gasteiger partial charge in [-0.3, -0.25) is 15.2 Å². The Morgan fingerprint density at radius 3 is 2.72 bits per heavy atom. The Morgan fingerprint density at radius 1 is 1.22 bits per heavy atom. The van der Waals surface area contributed by atoms with Gasteiger partial charge in [0.15, 0.2) is 0 Å². The first-order valence-electron chi connectivity index (χ1n) is 5.89. The predicted octanol–water partition coefficient (Wildman–Crippen LogP) is -0.308. The van der Waals surface area contributed by atoms with Gasteiger partial charge in [-0.25, -0.2) is 8.42 Å². The van der Waals surface area contributed by atoms with Gasteiger partial charge in [0.1, 0.15) is 17.6 Å². The first-order valence-corrected chi connectivity index (χ1v) is 7.39. The van der Waals surface area contributed by atoms with E-state index < -0.39 is 15.3 Å². The molecule has 1 aromatic rings. The third-order valence-corrected chi connectivity index (χ3v) is 5.37. The quantitative estimate of drug-likeness (QED) is 0.771. The van der Waals surface area contributed by atoms with E-state index in [0.717, 1.165) is 0 Å². The van der Waals surface area contributed by atoms with Gasteiger partial charge in [-0.1, -0.05) is 12.1 Å². The second-order valence-electron chi connectivity index (χ2n) is 4.32. The summed E-state index contributed by atoms with van der Waals surface area (Å²) in [5.74, 6) is 0.631. The fourth-order valence-corrected chi connectivity index (χ4v) is 3.95. The van der Waals surface area contributed by atoms with Crippen molar-refractivity contribution in [3.05, 3.63) is 24.3 Å². The predicted molar refractivity (Wildman–Crippen MR) is 68.0 cm³/mol. The zero-order valence-corrected chi connectivity index (χ0v) is 10.6. The Bertz CT molecular complexity index is 540. The standard InChI is InChI=1S/C11H15N3O3S/c15-18(16,9-7-12-13-8-9)14-5-6-17-11-4-2-1-3-10(11)14/h1-4,9,12-13H,5-8H2. The number of rotatable bonds is 2. The van der Waals surface area contributed by atoms with Crippen LogP contribution in [0.15, 0.2) is 24.3 Å². The van der Waals surface area contributed by atoms with E-state index in [1.54, 1.807) is 12.1 Å². The minimum absolute atomic E-state index is 0.371. The number of fused-ring (bicyclic) bond motifs is 1. The highest BCUT2D eigenvalue weighted by molar-refractivity contribution is 7.93. The molecule has 98 valence electrons. The average Bonchev–Trinajstić information content (AvgIpc) is 2.92. The number of ether oxygens (including phenoxy) is 1. The normalized spacial score (nSPS) is 20.6. The number of benzene rings is 1. The van der Waals surface area contributed by atoms with Crippen LogP contribution in [0.3, 0.4) is 0 Å². The highest BCUT2D eigenvalue weighted by atomic mass is 32.2. The van der Waals surface area contributed by atoms with Crippen LogP contribution in [0.25, 0.3) is 0 Å². The summed E-state index contributed by atoms with van der Waals surface area (Å²) in [5, 5.41) is -0.427. The Balaban J connectivity index is 1.98. The molecule has 0 amide bonds. The molecule has 3 rings (SSSR count). The first-order chi connectivity index (χ1) is 8.69. The van der Waals surface area contributed by atoms with Crippen LogP contribution in [-0.4, -0.2) is 39.9 Å². The molecule has 2 N–H and O–H groups in total. The molecule has 0 aliphatic carbocycles. The van der Waals surface area contributed by atoms with Crippen LogP contribution in [0.5, 0.6) is 5.75 Å². The summed E-state index contributed by atoms with van der Waals surface area (Å²) in [6, 6.07) is 7.23. The van der Waals surface area contributed by atoms with Gasteiger partial charge in [0.25, 0.3) is 0 Å². The molecule has 2 aliphatic heterocycles. The lowest BCUT2D eigenvalue weighted by molar-refractivity contribution is 0.315. The zero-order valence-electron chi connectivity index (χ0n) is 9.80. The van der Waals surface area contributed by atoms with Gasteiger partial charge in [0.2, 0.25) is 10.0 Å². The van der Waals surface area contributed by atoms with E-state index in [2.05, 4.69) is 10.9 Å². The van der Waals surface area contributed by atoms with Crippen LogP contribution in [0.2, 0.25) is 0 Å². The summed E-state index contributed by atoms with van der Waals surface area (Å²) in [6.07, 6.45) is 0. The number of anilines is 1. The monoisotopic (exact) mass is 269 g/mol. The number of sulfonamides is 1. The van der Waals surface area contributed by atoms with Crippen LogP contribution in [-0.2, 0) is 10.0 Å². The van der Waals surface area contributed by atoms with Crippen LogP contribution in [0.4, 0.5) is 5.69 Å². The van der Waals surface area contributed by atoms with E-state index in [9.17, 15) is 8.42 Å². The third kappa shape index (κ3) is 1.84. The van der Waals surface area contributed by atoms with E-state index in [1.165, 1.54) is 4.31 Å². The van der Waals surface area contributed by atoms with Crippen molar-refractivity contribution in [3.8, 4) is 5.75 Å². The van der Waals surface area contributed by atoms with Crippen molar-refractivity contribution in [2.24, 2.45) is 0 Å². The molecule has 0 bridgehead atoms. The summed E-state index contributed by atoms with van der Waals surface area (Å²) in [5.41, 5.74) is 6.34. The van der Waals surface area contributed by atoms with Crippen molar-refractivity contribution in [2.75, 3.05) is 30.5 Å². The van der Waals surface area contributed by atoms with Gasteiger partial charge in [-0.05, 0) is 12.1 Å². The van der Waals surface area contributed by atoms with Crippen molar-refractivity contribution in [2.45, 2.75) is 5.25 Å². The lowest BCUT2D eigenvalue weighted by atomic mass is 10.2. The number of hydrazine groups is 1. The smallest absolute Gasteiger partial charge is 0.240 e. The SMILES string of the molecule is O=S(=O)(C1CNNC1)N1CCOc2ccccc21. The van der Waals surface area contributed by atoms with Crippen molar-refractivity contribution < 1.29 is 13.2 Å². The number of nitrogens with zero attached hydrogens (tertiary/aromatic N) is 1. The van der Waals surface area contributed by atoms with Crippen LogP contribution in [0, 0.1) is 0 Å². The summed E-state index contributed by atoms with van der Waals surface area (Å²) in [4.78, 5) is 0. The second kappa shape index (κ2) is 4.42. The van der Waals surface area contributed by atoms with Crippen molar-refractivity contribution in [1.29, 1.82) is 0 Å². The lowest BCUT2D eigenvalue weighted by Gasteiger charge is -2.32. The molecule has 18 heavy (non-hydrogen) atoms. The average molecular weight is 269 g/mol. The molecule has 7 heteroatoms. The maximum Gasteiger partial charge on any atom is 0.240 e. The number of hydrogen-bond acceptors (Lipinski definition) is 5. The van der Waals surface area contributed by atoms with Crippen molar-refractivity contribution >= 4 is 15.7 Å². The van der Waals surface area contributed by atoms with Gasteiger partial charge in [-0.2, -0.15) is 0 Å². The molecule has 1 aromatic carbocycles. The molecular weight excluding hydrogens is 254 g/mol. The van der Waals surface area contributed by atoms with E-state index in [-0.39, 0.29) is 0 Å². The Hall–Kier alpha value is -1.31. The van der Waals surface area contributed by atoms with Crippen molar-refractivity contribution in [1.82, 2.24) is 10.9 Å². The minimum Gasteiger partial charge on any atom is -0.489 e. The zero-order chi connectivity index (χ0) is 12.6. The third-order valence-electron chi connectivity index (χ3n) is 3.20. The Labute approximate surface area is 106 Å². The highest BCUT2D eigenvalue weighted by Gasteiger charge is 2.36. The Morgan fingerprint density at radius 2 is 1.94 bits per heavy atom. The lowest BCUT2D eigenvalue weighted by Crippen LogP contribution is -2.45. The van der Waals surface area contributed by atoms with Gasteiger partial charge in [-0.15, -0.1) is 0 Å². The second-order valence-corrected chi connectivity index (χ2v) is 6.45. The van der Waals surface area contributed by atoms with E-state index in [4.69, 9.17) is 4.74 Å². The Kier molecular flexibility index (Phi) is 2.89. The molecule has 2 aliphatic rings. The summed E-state index contributed by atoms with van der Waals surface area (Å²) < 4.78 is 32.0. The van der Waals surface area contributed by atoms with Gasteiger partial charge in [0.05, 0.1) is 12.2 Å². The summed E-state index contributed by atoms with van der Waals surface area (Å²) in [6.45, 7) is 1.63. The van der Waals surface area contributed by atoms with Crippen LogP contribution in [0.1, 0.15) is 0 Å². The number of para-hydroxylation sites is 2. The van der Waals surface area contributed by atoms with Crippen LogP contribution >= 0.6 is 0 Å². The molecule has 0 aromatic heterocycles. The molecule has 0 saturated carbocycles. The summed E-state index contributed by atoms with van der Waals surface area (Å²) >= 11 is 0. The molecule has 0 radical (unpaired) electrons. The maximum atomic E-state index is 12.5. The van der Waals surface area contributed by atoms with Gasteiger partial charge >= 0.3 is 0 Å². The topological polar surface area (TPSA) is 70.7 Å². The largest absolute Gasteiger partial charge is 0.489 e. The molecular formula is C11H15N3O3S. The fourth-order valence-electron chi connectivity index (χ4n) is 2.24. The first kappa shape index (κ1) is 11.8. The number of nitrogens with one attached hydrogen (secondary N) is 2. The molecule has 0 unspecified atom stereocenters. The highest BCUT2D eigenvalue weighted by Crippen LogP contribution is 2.33. The molecule has 1 fully saturated rings. The van der Waals surface area contributed by atoms with Gasteiger partial charge in [0, 0.05) is 13.1 Å². The van der Waals surface area contributed by atoms with Crippen LogP contribution < -0.4 is 19.9 Å². The minimum atomic E-state index is -3.35. The van der Waals surface area contributed by atoms with Gasteiger partial charge < -0.3 is 4.74 Å². The number of hydrogen-bond donors (Lipinski definition) is 2. The van der Waals surface area contributed by atoms with E-state index in [0.29, 0.717) is 37.7 Å². The van der Waals surface area contributed by atoms with E-state index in [1.807, 2.05) is 12.1 Å². The molecule has 2 heterocycles. The maximum absolute atomic E-state index is 12.5. The molecule has 0 spiro atoms. The molecule has 1 saturated heterocycles. The molecule has 6 nitrogen and oxygen atoms in total. The summed E-state index contributed by atoms with van der Waals surface area (Å²) in [7, 11) is -3.35. The van der Waals surface area contributed by atoms with E-state index >= 15 is 0 Å². The van der Waals surface area contributed by atoms with Crippen molar-refractivity contribution in [3.63, 3.8) is 0 Å². The molecule has 0 atom stereocenters. The fraction of sp³-hybridized carbons (Fsp3) is 0.455.